The topological polar surface area (TPSA) is 69.0 Å². The molecule has 0 fully saturated rings. The number of methoxy groups -OCH3 is 2. The van der Waals surface area contributed by atoms with Crippen molar-refractivity contribution in [2.24, 2.45) is 0 Å². The van der Waals surface area contributed by atoms with E-state index >= 15 is 0 Å². The second-order valence-corrected chi connectivity index (χ2v) is 6.24. The molecule has 0 aliphatic rings. The Kier molecular flexibility index (Phi) is 5.78. The number of rotatable bonds is 7. The van der Waals surface area contributed by atoms with Gasteiger partial charge in [-0.2, -0.15) is 0 Å². The van der Waals surface area contributed by atoms with E-state index in [2.05, 4.69) is 5.32 Å². The van der Waals surface area contributed by atoms with Crippen LogP contribution in [0.2, 0.25) is 5.02 Å². The lowest BCUT2D eigenvalue weighted by atomic mass is 10.0. The van der Waals surface area contributed by atoms with E-state index in [1.807, 2.05) is 18.2 Å². The Labute approximate surface area is 161 Å². The monoisotopic (exact) mass is 386 g/mol. The minimum Gasteiger partial charge on any atom is -0.495 e. The molecule has 0 aliphatic carbocycles. The van der Waals surface area contributed by atoms with Crippen LogP contribution in [-0.2, 0) is 9.53 Å². The Morgan fingerprint density at radius 3 is 2.67 bits per heavy atom. The fourth-order valence-corrected chi connectivity index (χ4v) is 3.12. The highest BCUT2D eigenvalue weighted by molar-refractivity contribution is 6.43. The average molecular weight is 387 g/mol. The molecule has 0 unspecified atom stereocenters. The molecule has 6 nitrogen and oxygen atoms in total. The molecular formula is C20H19ClN2O4. The van der Waals surface area contributed by atoms with E-state index in [4.69, 9.17) is 21.1 Å². The molecule has 1 amide bonds. The number of carbonyl (C=O) groups is 2. The molecule has 0 atom stereocenters. The summed E-state index contributed by atoms with van der Waals surface area (Å²) in [7, 11) is 3.06. The lowest BCUT2D eigenvalue weighted by Crippen LogP contribution is -2.34. The summed E-state index contributed by atoms with van der Waals surface area (Å²) >= 11 is 6.25. The van der Waals surface area contributed by atoms with Crippen molar-refractivity contribution in [2.75, 3.05) is 27.4 Å². The smallest absolute Gasteiger partial charge is 0.294 e. The van der Waals surface area contributed by atoms with Gasteiger partial charge in [0.05, 0.1) is 18.7 Å². The van der Waals surface area contributed by atoms with E-state index in [0.29, 0.717) is 22.9 Å². The summed E-state index contributed by atoms with van der Waals surface area (Å²) in [6.45, 7) is 0.586. The first kappa shape index (κ1) is 18.9. The van der Waals surface area contributed by atoms with Gasteiger partial charge in [-0.1, -0.05) is 23.7 Å². The van der Waals surface area contributed by atoms with E-state index in [1.54, 1.807) is 34.9 Å². The molecule has 1 N–H and O–H groups in total. The molecule has 3 aromatic rings. The molecule has 7 heteroatoms. The molecule has 2 heterocycles. The number of carbonyl (C=O) groups excluding carboxylic acids is 2. The lowest BCUT2D eigenvalue weighted by molar-refractivity contribution is -0.117. The van der Waals surface area contributed by atoms with Crippen LogP contribution in [0.4, 0.5) is 0 Å². The van der Waals surface area contributed by atoms with Crippen LogP contribution in [-0.4, -0.2) is 43.5 Å². The van der Waals surface area contributed by atoms with Gasteiger partial charge in [-0.3, -0.25) is 9.59 Å². The molecule has 3 rings (SSSR count). The second-order valence-electron chi connectivity index (χ2n) is 5.83. The number of ketones is 1. The van der Waals surface area contributed by atoms with Crippen LogP contribution in [0.5, 0.6) is 5.75 Å². The molecule has 140 valence electrons. The first-order valence-electron chi connectivity index (χ1n) is 8.32. The third kappa shape index (κ3) is 3.82. The summed E-state index contributed by atoms with van der Waals surface area (Å²) in [6.07, 6.45) is 1.75. The maximum absolute atomic E-state index is 12.9. The third-order valence-electron chi connectivity index (χ3n) is 4.16. The molecular weight excluding hydrogens is 368 g/mol. The number of hydrogen-bond acceptors (Lipinski definition) is 4. The maximum Gasteiger partial charge on any atom is 0.294 e. The highest BCUT2D eigenvalue weighted by Gasteiger charge is 2.24. The van der Waals surface area contributed by atoms with Crippen LogP contribution in [0.15, 0.2) is 48.7 Å². The zero-order chi connectivity index (χ0) is 19.4. The van der Waals surface area contributed by atoms with Crippen molar-refractivity contribution in [2.45, 2.75) is 0 Å². The molecule has 27 heavy (non-hydrogen) atoms. The molecule has 0 saturated carbocycles. The molecule has 0 bridgehead atoms. The number of nitrogens with one attached hydrogen (secondary N) is 1. The van der Waals surface area contributed by atoms with E-state index < -0.39 is 11.7 Å². The number of ether oxygens (including phenoxy) is 2. The van der Waals surface area contributed by atoms with E-state index in [-0.39, 0.29) is 12.2 Å². The highest BCUT2D eigenvalue weighted by atomic mass is 35.5. The van der Waals surface area contributed by atoms with Crippen LogP contribution < -0.4 is 10.1 Å². The van der Waals surface area contributed by atoms with E-state index in [1.165, 1.54) is 14.2 Å². The van der Waals surface area contributed by atoms with Gasteiger partial charge in [-0.05, 0) is 35.9 Å². The summed E-state index contributed by atoms with van der Waals surface area (Å²) in [6, 6.07) is 12.6. The van der Waals surface area contributed by atoms with Gasteiger partial charge < -0.3 is 19.2 Å². The van der Waals surface area contributed by atoms with Gasteiger partial charge in [-0.15, -0.1) is 0 Å². The van der Waals surface area contributed by atoms with Gasteiger partial charge in [0.2, 0.25) is 0 Å². The number of aromatic nitrogens is 1. The number of nitrogens with zero attached hydrogens (tertiary/aromatic N) is 1. The predicted octanol–water partition coefficient (Wildman–Crippen LogP) is 3.21. The Morgan fingerprint density at radius 2 is 1.96 bits per heavy atom. The van der Waals surface area contributed by atoms with Gasteiger partial charge in [0.1, 0.15) is 11.4 Å². The number of halogens is 1. The molecule has 1 aromatic carbocycles. The summed E-state index contributed by atoms with van der Waals surface area (Å²) in [5.74, 6) is -0.773. The molecule has 0 radical (unpaired) electrons. The highest BCUT2D eigenvalue weighted by Crippen LogP contribution is 2.33. The fourth-order valence-electron chi connectivity index (χ4n) is 2.86. The number of Topliss-reactive ketones (excluding diaryl/α,β-unsaturated/α-hetero) is 1. The van der Waals surface area contributed by atoms with Gasteiger partial charge in [0, 0.05) is 30.9 Å². The quantitative estimate of drug-likeness (QED) is 0.384. The normalized spacial score (nSPS) is 10.8. The Hall–Kier alpha value is -2.83. The first-order chi connectivity index (χ1) is 13.1. The number of pyridine rings is 1. The minimum atomic E-state index is -0.684. The number of amides is 1. The Morgan fingerprint density at radius 1 is 1.15 bits per heavy atom. The summed E-state index contributed by atoms with van der Waals surface area (Å²) in [5.41, 5.74) is 2.42. The lowest BCUT2D eigenvalue weighted by Gasteiger charge is -2.09. The predicted molar refractivity (Wildman–Crippen MR) is 104 cm³/mol. The van der Waals surface area contributed by atoms with Gasteiger partial charge in [0.25, 0.3) is 11.7 Å². The number of fused-ring (bicyclic) bond motifs is 1. The fraction of sp³-hybridized carbons (Fsp3) is 0.200. The van der Waals surface area contributed by atoms with Crippen LogP contribution >= 0.6 is 11.6 Å². The van der Waals surface area contributed by atoms with Crippen LogP contribution in [0.25, 0.3) is 16.6 Å². The summed E-state index contributed by atoms with van der Waals surface area (Å²) < 4.78 is 11.8. The largest absolute Gasteiger partial charge is 0.495 e. The summed E-state index contributed by atoms with van der Waals surface area (Å²) in [5, 5.41) is 3.00. The van der Waals surface area contributed by atoms with Crippen molar-refractivity contribution < 1.29 is 19.1 Å². The number of hydrogen-bond donors (Lipinski definition) is 1. The first-order valence-corrected chi connectivity index (χ1v) is 8.70. The number of benzene rings is 1. The average Bonchev–Trinajstić information content (AvgIpc) is 3.07. The van der Waals surface area contributed by atoms with Gasteiger partial charge >= 0.3 is 0 Å². The summed E-state index contributed by atoms with van der Waals surface area (Å²) in [4.78, 5) is 25.2. The van der Waals surface area contributed by atoms with E-state index in [0.717, 1.165) is 11.1 Å². The molecule has 2 aromatic heterocycles. The Balaban J connectivity index is 2.08. The zero-order valence-electron chi connectivity index (χ0n) is 15.0. The zero-order valence-corrected chi connectivity index (χ0v) is 15.7. The van der Waals surface area contributed by atoms with Crippen LogP contribution in [0, 0.1) is 0 Å². The molecule has 0 saturated heterocycles. The second kappa shape index (κ2) is 8.24. The van der Waals surface area contributed by atoms with Crippen molar-refractivity contribution in [1.82, 2.24) is 9.72 Å². The minimum absolute atomic E-state index is 0.258. The van der Waals surface area contributed by atoms with Crippen LogP contribution in [0.3, 0.4) is 0 Å². The van der Waals surface area contributed by atoms with Crippen LogP contribution in [0.1, 0.15) is 10.5 Å². The molecule has 0 spiro atoms. The van der Waals surface area contributed by atoms with Gasteiger partial charge in [-0.25, -0.2) is 0 Å². The maximum atomic E-state index is 12.9. The van der Waals surface area contributed by atoms with Crippen molar-refractivity contribution in [3.05, 3.63) is 59.4 Å². The SMILES string of the molecule is COCCNC(=O)C(=O)c1c(-c2ccc(OC)c(Cl)c2)cc2ccccn12. The van der Waals surface area contributed by atoms with E-state index in [9.17, 15) is 9.59 Å². The van der Waals surface area contributed by atoms with Crippen molar-refractivity contribution in [3.8, 4) is 16.9 Å². The molecule has 0 aliphatic heterocycles. The Bertz CT molecular complexity index is 997. The van der Waals surface area contributed by atoms with Crippen molar-refractivity contribution >= 4 is 28.8 Å². The standard InChI is InChI=1S/C20H19ClN2O4/c1-26-10-8-22-20(25)19(24)18-15(12-14-5-3-4-9-23(14)18)13-6-7-17(27-2)16(21)11-13/h3-7,9,11-12H,8,10H2,1-2H3,(H,22,25). The third-order valence-corrected chi connectivity index (χ3v) is 4.45. The van der Waals surface area contributed by atoms with Crippen molar-refractivity contribution in [3.63, 3.8) is 0 Å². The van der Waals surface area contributed by atoms with Gasteiger partial charge in [0.15, 0.2) is 0 Å². The van der Waals surface area contributed by atoms with Crippen molar-refractivity contribution in [1.29, 1.82) is 0 Å².